The van der Waals surface area contributed by atoms with Gasteiger partial charge in [-0.2, -0.15) is 18.3 Å². The molecule has 0 amide bonds. The Balaban J connectivity index is 2.17. The Morgan fingerprint density at radius 2 is 2.08 bits per heavy atom. The number of carbonyl (C=O) groups is 1. The monoisotopic (exact) mass is 431 g/mol. The van der Waals surface area contributed by atoms with Crippen LogP contribution in [-0.4, -0.2) is 31.6 Å². The first-order chi connectivity index (χ1) is 11.8. The number of halogens is 4. The van der Waals surface area contributed by atoms with Crippen LogP contribution in [0.5, 0.6) is 0 Å². The summed E-state index contributed by atoms with van der Waals surface area (Å²) in [4.78, 5) is 11.3. The number of aromatic nitrogens is 3. The largest absolute Gasteiger partial charge is 0.481 e. The molecule has 25 heavy (non-hydrogen) atoms. The fourth-order valence-electron chi connectivity index (χ4n) is 2.27. The first-order valence-electron chi connectivity index (χ1n) is 6.82. The molecule has 0 aliphatic rings. The third-order valence-electron chi connectivity index (χ3n) is 3.33. The second kappa shape index (κ2) is 6.68. The summed E-state index contributed by atoms with van der Waals surface area (Å²) in [6.07, 6.45) is -1.49. The van der Waals surface area contributed by atoms with Crippen molar-refractivity contribution in [1.82, 2.24) is 14.8 Å². The molecule has 0 fully saturated rings. The van der Waals surface area contributed by atoms with Gasteiger partial charge in [-0.15, -0.1) is 16.9 Å². The van der Waals surface area contributed by atoms with Gasteiger partial charge in [-0.3, -0.25) is 9.36 Å². The number of aliphatic carboxylic acids is 1. The van der Waals surface area contributed by atoms with E-state index in [-0.39, 0.29) is 11.6 Å². The number of nitrogens with zero attached hydrogens (tertiary/aromatic N) is 3. The number of benzene rings is 1. The second-order valence-electron chi connectivity index (χ2n) is 4.98. The predicted octanol–water partition coefficient (Wildman–Crippen LogP) is 4.38. The molecule has 0 bridgehead atoms. The Hall–Kier alpha value is -2.07. The van der Waals surface area contributed by atoms with E-state index in [0.717, 1.165) is 23.9 Å². The van der Waals surface area contributed by atoms with Crippen molar-refractivity contribution >= 4 is 44.6 Å². The van der Waals surface area contributed by atoms with Gasteiger partial charge in [0.05, 0.1) is 27.9 Å². The second-order valence-corrected chi connectivity index (χ2v) is 6.85. The fourth-order valence-corrected chi connectivity index (χ4v) is 3.51. The van der Waals surface area contributed by atoms with Gasteiger partial charge in [0.2, 0.25) is 0 Å². The van der Waals surface area contributed by atoms with E-state index in [9.17, 15) is 18.0 Å². The quantitative estimate of drug-likeness (QED) is 0.620. The van der Waals surface area contributed by atoms with E-state index in [1.54, 1.807) is 12.3 Å². The van der Waals surface area contributed by atoms with Crippen molar-refractivity contribution in [2.24, 2.45) is 0 Å². The van der Waals surface area contributed by atoms with Gasteiger partial charge in [0.25, 0.3) is 0 Å². The van der Waals surface area contributed by atoms with Crippen molar-refractivity contribution in [2.45, 2.75) is 11.1 Å². The number of thioether (sulfide) groups is 1. The number of alkyl halides is 3. The molecule has 2 heterocycles. The van der Waals surface area contributed by atoms with E-state index >= 15 is 0 Å². The van der Waals surface area contributed by atoms with Crippen molar-refractivity contribution in [1.29, 1.82) is 0 Å². The van der Waals surface area contributed by atoms with Crippen molar-refractivity contribution in [2.75, 3.05) is 5.75 Å². The highest BCUT2D eigenvalue weighted by atomic mass is 79.9. The van der Waals surface area contributed by atoms with Gasteiger partial charge < -0.3 is 5.11 Å². The molecule has 0 radical (unpaired) electrons. The average Bonchev–Trinajstić information content (AvgIpc) is 2.89. The summed E-state index contributed by atoms with van der Waals surface area (Å²) in [5, 5.41) is 17.2. The van der Waals surface area contributed by atoms with Gasteiger partial charge in [0.1, 0.15) is 0 Å². The van der Waals surface area contributed by atoms with Crippen LogP contribution in [0.25, 0.3) is 16.7 Å². The molecule has 0 saturated carbocycles. The van der Waals surface area contributed by atoms with Gasteiger partial charge in [0.15, 0.2) is 5.82 Å². The molecule has 0 atom stereocenters. The van der Waals surface area contributed by atoms with E-state index in [2.05, 4.69) is 26.1 Å². The standard InChI is InChI=1S/C15H9BrF3N3O2S/c16-10-6-22(11-5-8(15(17,18)19)1-2-9(10)11)14-12(3-4-20-21-14)25-7-13(23)24/h1-6H,7H2,(H,23,24). The third kappa shape index (κ3) is 3.64. The summed E-state index contributed by atoms with van der Waals surface area (Å²) >= 11 is 4.34. The van der Waals surface area contributed by atoms with Gasteiger partial charge in [-0.1, -0.05) is 6.07 Å². The molecule has 3 aromatic rings. The van der Waals surface area contributed by atoms with E-state index in [0.29, 0.717) is 20.3 Å². The highest BCUT2D eigenvalue weighted by Crippen LogP contribution is 2.36. The molecule has 1 N–H and O–H groups in total. The molecule has 2 aromatic heterocycles. The number of hydrogen-bond donors (Lipinski definition) is 1. The Labute approximate surface area is 152 Å². The Morgan fingerprint density at radius 3 is 2.76 bits per heavy atom. The zero-order valence-electron chi connectivity index (χ0n) is 12.3. The van der Waals surface area contributed by atoms with Crippen LogP contribution in [0.2, 0.25) is 0 Å². The van der Waals surface area contributed by atoms with E-state index in [4.69, 9.17) is 5.11 Å². The minimum atomic E-state index is -4.47. The topological polar surface area (TPSA) is 68.0 Å². The highest BCUT2D eigenvalue weighted by molar-refractivity contribution is 9.10. The summed E-state index contributed by atoms with van der Waals surface area (Å²) in [5.41, 5.74) is -0.491. The minimum absolute atomic E-state index is 0.202. The van der Waals surface area contributed by atoms with Crippen molar-refractivity contribution in [3.8, 4) is 5.82 Å². The van der Waals surface area contributed by atoms with E-state index in [1.807, 2.05) is 0 Å². The van der Waals surface area contributed by atoms with Crippen molar-refractivity contribution in [3.63, 3.8) is 0 Å². The van der Waals surface area contributed by atoms with Crippen LogP contribution in [0.4, 0.5) is 13.2 Å². The number of hydrogen-bond acceptors (Lipinski definition) is 4. The van der Waals surface area contributed by atoms with Gasteiger partial charge >= 0.3 is 12.1 Å². The smallest absolute Gasteiger partial charge is 0.416 e. The molecular weight excluding hydrogens is 423 g/mol. The first kappa shape index (κ1) is 17.7. The van der Waals surface area contributed by atoms with Gasteiger partial charge in [-0.25, -0.2) is 0 Å². The van der Waals surface area contributed by atoms with Crippen LogP contribution >= 0.6 is 27.7 Å². The zero-order chi connectivity index (χ0) is 18.2. The fraction of sp³-hybridized carbons (Fsp3) is 0.133. The maximum atomic E-state index is 13.0. The lowest BCUT2D eigenvalue weighted by molar-refractivity contribution is -0.137. The molecule has 130 valence electrons. The molecule has 1 aromatic carbocycles. The summed E-state index contributed by atoms with van der Waals surface area (Å²) in [5.74, 6) is -0.943. The van der Waals surface area contributed by atoms with Crippen LogP contribution in [0.15, 0.2) is 46.0 Å². The minimum Gasteiger partial charge on any atom is -0.481 e. The first-order valence-corrected chi connectivity index (χ1v) is 8.59. The number of rotatable bonds is 4. The molecule has 0 aliphatic heterocycles. The summed E-state index contributed by atoms with van der Waals surface area (Å²) in [7, 11) is 0. The Kier molecular flexibility index (Phi) is 4.74. The Bertz CT molecular complexity index is 959. The molecule has 0 spiro atoms. The van der Waals surface area contributed by atoms with E-state index in [1.165, 1.54) is 16.8 Å². The van der Waals surface area contributed by atoms with Gasteiger partial charge in [-0.05, 0) is 34.1 Å². The predicted molar refractivity (Wildman–Crippen MR) is 89.9 cm³/mol. The number of fused-ring (bicyclic) bond motifs is 1. The lowest BCUT2D eigenvalue weighted by atomic mass is 10.1. The maximum absolute atomic E-state index is 13.0. The number of carboxylic acids is 1. The summed E-state index contributed by atoms with van der Waals surface area (Å²) in [6.45, 7) is 0. The molecule has 0 aliphatic carbocycles. The molecule has 3 rings (SSSR count). The molecule has 5 nitrogen and oxygen atoms in total. The average molecular weight is 432 g/mol. The molecule has 10 heteroatoms. The van der Waals surface area contributed by atoms with Crippen LogP contribution in [-0.2, 0) is 11.0 Å². The normalized spacial score (nSPS) is 11.8. The molecular formula is C15H9BrF3N3O2S. The Morgan fingerprint density at radius 1 is 1.32 bits per heavy atom. The van der Waals surface area contributed by atoms with Crippen molar-refractivity contribution in [3.05, 3.63) is 46.7 Å². The maximum Gasteiger partial charge on any atom is 0.416 e. The highest BCUT2D eigenvalue weighted by Gasteiger charge is 2.31. The van der Waals surface area contributed by atoms with Gasteiger partial charge in [0, 0.05) is 16.1 Å². The van der Waals surface area contributed by atoms with Crippen LogP contribution < -0.4 is 0 Å². The van der Waals surface area contributed by atoms with Crippen molar-refractivity contribution < 1.29 is 23.1 Å². The molecule has 0 saturated heterocycles. The third-order valence-corrected chi connectivity index (χ3v) is 4.98. The summed E-state index contributed by atoms with van der Waals surface area (Å²) < 4.78 is 41.1. The van der Waals surface area contributed by atoms with Crippen LogP contribution in [0, 0.1) is 0 Å². The lowest BCUT2D eigenvalue weighted by Gasteiger charge is -2.10. The molecule has 0 unspecified atom stereocenters. The van der Waals surface area contributed by atoms with Crippen LogP contribution in [0.3, 0.4) is 0 Å². The number of carboxylic acid groups (broad SMARTS) is 1. The summed E-state index contributed by atoms with van der Waals surface area (Å²) in [6, 6.07) is 4.98. The lowest BCUT2D eigenvalue weighted by Crippen LogP contribution is -2.06. The zero-order valence-corrected chi connectivity index (χ0v) is 14.7. The SMILES string of the molecule is O=C(O)CSc1ccnnc1-n1cc(Br)c2ccc(C(F)(F)F)cc21. The van der Waals surface area contributed by atoms with Crippen LogP contribution in [0.1, 0.15) is 5.56 Å². The van der Waals surface area contributed by atoms with E-state index < -0.39 is 17.7 Å².